The van der Waals surface area contributed by atoms with E-state index in [4.69, 9.17) is 9.68 Å². The largest absolute Gasteiger partial charge is 0.451 e. The Morgan fingerprint density at radius 1 is 1.17 bits per heavy atom. The quantitative estimate of drug-likeness (QED) is 0.668. The number of hydrogen-bond donors (Lipinski definition) is 0. The topological polar surface area (TPSA) is 60.5 Å². The lowest BCUT2D eigenvalue weighted by Crippen LogP contribution is -2.45. The van der Waals surface area contributed by atoms with Gasteiger partial charge in [0.05, 0.1) is 11.6 Å². The first-order valence-electron chi connectivity index (χ1n) is 10.0. The molecule has 0 radical (unpaired) electrons. The number of carbonyl (C=O) groups excluding carboxylic acids is 1. The first kappa shape index (κ1) is 19.2. The minimum absolute atomic E-state index is 0.0515. The molecule has 0 unspecified atom stereocenters. The Balaban J connectivity index is 1.35. The van der Waals surface area contributed by atoms with E-state index in [1.807, 2.05) is 67.4 Å². The molecule has 1 saturated heterocycles. The monoisotopic (exact) mass is 387 g/mol. The number of aryl methyl sites for hydroxylation is 1. The maximum absolute atomic E-state index is 12.9. The maximum atomic E-state index is 12.9. The fraction of sp³-hybridized carbons (Fsp3) is 0.333. The highest BCUT2D eigenvalue weighted by atomic mass is 16.3. The van der Waals surface area contributed by atoms with Gasteiger partial charge in [-0.1, -0.05) is 23.8 Å². The van der Waals surface area contributed by atoms with Crippen LogP contribution in [0.15, 0.2) is 52.9 Å². The van der Waals surface area contributed by atoms with Gasteiger partial charge >= 0.3 is 0 Å². The van der Waals surface area contributed by atoms with Gasteiger partial charge in [-0.2, -0.15) is 5.26 Å². The molecule has 3 aromatic rings. The number of likely N-dealkylation sites (tertiary alicyclic amines) is 1. The number of nitrogens with zero attached hydrogens (tertiary/aromatic N) is 3. The van der Waals surface area contributed by atoms with E-state index < -0.39 is 0 Å². The fourth-order valence-corrected chi connectivity index (χ4v) is 4.02. The number of piperidine rings is 1. The van der Waals surface area contributed by atoms with Crippen molar-refractivity contribution in [1.29, 1.82) is 5.26 Å². The van der Waals surface area contributed by atoms with Crippen LogP contribution in [0.3, 0.4) is 0 Å². The SMILES string of the molecule is Cc1ccc2oc(C(=O)N(C)C3CCN(Cc4ccc(C#N)cc4)CC3)cc2c1. The average molecular weight is 387 g/mol. The summed E-state index contributed by atoms with van der Waals surface area (Å²) in [6.07, 6.45) is 1.88. The molecule has 1 aliphatic heterocycles. The molecule has 4 rings (SSSR count). The average Bonchev–Trinajstić information content (AvgIpc) is 3.17. The lowest BCUT2D eigenvalue weighted by Gasteiger charge is -2.36. The van der Waals surface area contributed by atoms with Crippen molar-refractivity contribution in [2.75, 3.05) is 20.1 Å². The van der Waals surface area contributed by atoms with Gasteiger partial charge in [0.15, 0.2) is 5.76 Å². The van der Waals surface area contributed by atoms with Crippen molar-refractivity contribution in [3.63, 3.8) is 0 Å². The molecule has 0 saturated carbocycles. The van der Waals surface area contributed by atoms with E-state index in [0.717, 1.165) is 49.0 Å². The molecule has 1 aliphatic rings. The predicted octanol–water partition coefficient (Wildman–Crippen LogP) is 4.35. The molecule has 2 heterocycles. The van der Waals surface area contributed by atoms with Gasteiger partial charge in [-0.05, 0) is 55.7 Å². The summed E-state index contributed by atoms with van der Waals surface area (Å²) >= 11 is 0. The van der Waals surface area contributed by atoms with Gasteiger partial charge in [0.1, 0.15) is 5.58 Å². The first-order chi connectivity index (χ1) is 14.0. The molecule has 1 fully saturated rings. The number of amides is 1. The highest BCUT2D eigenvalue weighted by molar-refractivity contribution is 5.96. The van der Waals surface area contributed by atoms with Crippen molar-refractivity contribution in [1.82, 2.24) is 9.80 Å². The molecule has 0 N–H and O–H groups in total. The molecular weight excluding hydrogens is 362 g/mol. The van der Waals surface area contributed by atoms with Crippen molar-refractivity contribution in [2.24, 2.45) is 0 Å². The van der Waals surface area contributed by atoms with E-state index in [9.17, 15) is 4.79 Å². The van der Waals surface area contributed by atoms with E-state index in [1.54, 1.807) is 0 Å². The third-order valence-corrected chi connectivity index (χ3v) is 5.80. The molecule has 29 heavy (non-hydrogen) atoms. The molecule has 2 aromatic carbocycles. The summed E-state index contributed by atoms with van der Waals surface area (Å²) in [6, 6.07) is 17.9. The minimum Gasteiger partial charge on any atom is -0.451 e. The van der Waals surface area contributed by atoms with Crippen LogP contribution in [0.25, 0.3) is 11.0 Å². The molecule has 5 nitrogen and oxygen atoms in total. The van der Waals surface area contributed by atoms with E-state index in [0.29, 0.717) is 11.3 Å². The van der Waals surface area contributed by atoms with E-state index in [1.165, 1.54) is 5.56 Å². The van der Waals surface area contributed by atoms with E-state index in [2.05, 4.69) is 11.0 Å². The minimum atomic E-state index is -0.0515. The standard InChI is InChI=1S/C24H25N3O2/c1-17-3-8-22-20(13-17)14-23(29-22)24(28)26(2)21-9-11-27(12-10-21)16-19-6-4-18(15-25)5-7-19/h3-8,13-14,21H,9-12,16H2,1-2H3. The van der Waals surface area contributed by atoms with Gasteiger partial charge in [-0.25, -0.2) is 0 Å². The highest BCUT2D eigenvalue weighted by Gasteiger charge is 2.27. The summed E-state index contributed by atoms with van der Waals surface area (Å²) < 4.78 is 5.79. The third-order valence-electron chi connectivity index (χ3n) is 5.80. The van der Waals surface area contributed by atoms with Gasteiger partial charge in [-0.15, -0.1) is 0 Å². The van der Waals surface area contributed by atoms with Crippen molar-refractivity contribution in [3.05, 3.63) is 71.0 Å². The van der Waals surface area contributed by atoms with Gasteiger partial charge in [-0.3, -0.25) is 9.69 Å². The molecule has 5 heteroatoms. The van der Waals surface area contributed by atoms with E-state index in [-0.39, 0.29) is 11.9 Å². The molecule has 0 aliphatic carbocycles. The Bertz CT molecular complexity index is 1050. The number of furan rings is 1. The molecule has 1 aromatic heterocycles. The van der Waals surface area contributed by atoms with Crippen molar-refractivity contribution in [2.45, 2.75) is 32.4 Å². The molecule has 0 bridgehead atoms. The van der Waals surface area contributed by atoms with Crippen LogP contribution >= 0.6 is 0 Å². The van der Waals surface area contributed by atoms with Crippen molar-refractivity contribution >= 4 is 16.9 Å². The van der Waals surface area contributed by atoms with Crippen LogP contribution in [0.4, 0.5) is 0 Å². The summed E-state index contributed by atoms with van der Waals surface area (Å²) in [5.74, 6) is 0.359. The maximum Gasteiger partial charge on any atom is 0.289 e. The van der Waals surface area contributed by atoms with Crippen LogP contribution in [-0.4, -0.2) is 41.9 Å². The number of rotatable bonds is 4. The Morgan fingerprint density at radius 2 is 1.90 bits per heavy atom. The van der Waals surface area contributed by atoms with Crippen LogP contribution in [0, 0.1) is 18.3 Å². The van der Waals surface area contributed by atoms with Crippen LogP contribution in [0.5, 0.6) is 0 Å². The number of carbonyl (C=O) groups is 1. The number of nitriles is 1. The Kier molecular flexibility index (Phi) is 5.37. The second-order valence-electron chi connectivity index (χ2n) is 7.88. The summed E-state index contributed by atoms with van der Waals surface area (Å²) in [6.45, 7) is 4.80. The summed E-state index contributed by atoms with van der Waals surface area (Å²) in [5.41, 5.74) is 3.81. The smallest absolute Gasteiger partial charge is 0.289 e. The Morgan fingerprint density at radius 3 is 2.59 bits per heavy atom. The molecule has 0 atom stereocenters. The number of fused-ring (bicyclic) bond motifs is 1. The second-order valence-corrected chi connectivity index (χ2v) is 7.88. The summed E-state index contributed by atoms with van der Waals surface area (Å²) in [4.78, 5) is 17.2. The van der Waals surface area contributed by atoms with Gasteiger partial charge in [0, 0.05) is 38.1 Å². The zero-order chi connectivity index (χ0) is 20.4. The van der Waals surface area contributed by atoms with Gasteiger partial charge < -0.3 is 9.32 Å². The van der Waals surface area contributed by atoms with Crippen LogP contribution in [0.1, 0.15) is 40.1 Å². The van der Waals surface area contributed by atoms with Crippen molar-refractivity contribution < 1.29 is 9.21 Å². The number of benzene rings is 2. The summed E-state index contributed by atoms with van der Waals surface area (Å²) in [5, 5.41) is 9.88. The summed E-state index contributed by atoms with van der Waals surface area (Å²) in [7, 11) is 1.88. The van der Waals surface area contributed by atoms with Gasteiger partial charge in [0.25, 0.3) is 5.91 Å². The third kappa shape index (κ3) is 4.18. The van der Waals surface area contributed by atoms with Crippen LogP contribution < -0.4 is 0 Å². The molecule has 1 amide bonds. The zero-order valence-electron chi connectivity index (χ0n) is 16.9. The molecular formula is C24H25N3O2. The number of hydrogen-bond acceptors (Lipinski definition) is 4. The Hall–Kier alpha value is -3.10. The normalized spacial score (nSPS) is 15.3. The molecule has 0 spiro atoms. The zero-order valence-corrected chi connectivity index (χ0v) is 16.9. The lowest BCUT2D eigenvalue weighted by atomic mass is 10.0. The second kappa shape index (κ2) is 8.10. The fourth-order valence-electron chi connectivity index (χ4n) is 4.02. The Labute approximate surface area is 171 Å². The van der Waals surface area contributed by atoms with Gasteiger partial charge in [0.2, 0.25) is 0 Å². The first-order valence-corrected chi connectivity index (χ1v) is 10.0. The molecule has 148 valence electrons. The van der Waals surface area contributed by atoms with Crippen molar-refractivity contribution in [3.8, 4) is 6.07 Å². The predicted molar refractivity (Wildman–Crippen MR) is 113 cm³/mol. The lowest BCUT2D eigenvalue weighted by molar-refractivity contribution is 0.0608. The van der Waals surface area contributed by atoms with Crippen LogP contribution in [0.2, 0.25) is 0 Å². The van der Waals surface area contributed by atoms with Crippen LogP contribution in [-0.2, 0) is 6.54 Å². The highest BCUT2D eigenvalue weighted by Crippen LogP contribution is 2.24. The van der Waals surface area contributed by atoms with E-state index >= 15 is 0 Å².